The highest BCUT2D eigenvalue weighted by Crippen LogP contribution is 2.46. The van der Waals surface area contributed by atoms with E-state index in [4.69, 9.17) is 4.98 Å². The van der Waals surface area contributed by atoms with Gasteiger partial charge in [0.2, 0.25) is 0 Å². The molecule has 2 aromatic rings. The molecule has 1 saturated heterocycles. The van der Waals surface area contributed by atoms with E-state index in [-0.39, 0.29) is 22.9 Å². The summed E-state index contributed by atoms with van der Waals surface area (Å²) < 4.78 is 0. The van der Waals surface area contributed by atoms with Crippen LogP contribution >= 0.6 is 0 Å². The fraction of sp³-hybridized carbons (Fsp3) is 0.633. The molecule has 1 atom stereocenters. The Kier molecular flexibility index (Phi) is 7.34. The van der Waals surface area contributed by atoms with Gasteiger partial charge in [-0.2, -0.15) is 0 Å². The van der Waals surface area contributed by atoms with Crippen LogP contribution in [-0.4, -0.2) is 65.5 Å². The summed E-state index contributed by atoms with van der Waals surface area (Å²) in [6, 6.07) is 13.3. The van der Waals surface area contributed by atoms with Crippen molar-refractivity contribution in [3.05, 3.63) is 47.5 Å². The van der Waals surface area contributed by atoms with Gasteiger partial charge in [0.15, 0.2) is 0 Å². The number of nitrogens with zero attached hydrogens (tertiary/aromatic N) is 3. The van der Waals surface area contributed by atoms with E-state index in [1.54, 1.807) is 0 Å². The van der Waals surface area contributed by atoms with Gasteiger partial charge < -0.3 is 15.1 Å². The van der Waals surface area contributed by atoms with Crippen LogP contribution in [-0.2, 0) is 10.8 Å². The van der Waals surface area contributed by atoms with Gasteiger partial charge in [0.1, 0.15) is 5.82 Å². The van der Waals surface area contributed by atoms with Gasteiger partial charge in [0.05, 0.1) is 11.8 Å². The molecule has 1 fully saturated rings. The van der Waals surface area contributed by atoms with Crippen molar-refractivity contribution in [2.24, 2.45) is 5.41 Å². The third kappa shape index (κ3) is 5.58. The summed E-state index contributed by atoms with van der Waals surface area (Å²) in [5.41, 5.74) is 5.31. The molecule has 2 aliphatic rings. The lowest BCUT2D eigenvalue weighted by Gasteiger charge is -2.42. The Hall–Kier alpha value is -1.95. The van der Waals surface area contributed by atoms with Crippen molar-refractivity contribution in [3.63, 3.8) is 0 Å². The van der Waals surface area contributed by atoms with Crippen LogP contribution in [0.25, 0.3) is 11.3 Å². The first-order chi connectivity index (χ1) is 16.4. The second kappa shape index (κ2) is 9.84. The lowest BCUT2D eigenvalue weighted by molar-refractivity contribution is 0.00382. The van der Waals surface area contributed by atoms with E-state index >= 15 is 0 Å². The molecule has 192 valence electrons. The quantitative estimate of drug-likeness (QED) is 0.586. The van der Waals surface area contributed by atoms with Crippen molar-refractivity contribution in [3.8, 4) is 11.3 Å². The van der Waals surface area contributed by atoms with Crippen LogP contribution in [0.5, 0.6) is 0 Å². The number of piperazine rings is 1. The summed E-state index contributed by atoms with van der Waals surface area (Å²) in [5, 5.41) is 20.0. The third-order valence-electron chi connectivity index (χ3n) is 8.67. The number of benzene rings is 1. The van der Waals surface area contributed by atoms with Gasteiger partial charge >= 0.3 is 0 Å². The lowest BCUT2D eigenvalue weighted by Crippen LogP contribution is -2.51. The van der Waals surface area contributed by atoms with E-state index < -0.39 is 6.10 Å². The second-order valence-electron chi connectivity index (χ2n) is 12.7. The average Bonchev–Trinajstić information content (AvgIpc) is 2.82. The summed E-state index contributed by atoms with van der Waals surface area (Å²) in [6.07, 6.45) is 2.60. The molecule has 2 N–H and O–H groups in total. The van der Waals surface area contributed by atoms with Gasteiger partial charge in [-0.1, -0.05) is 59.7 Å². The lowest BCUT2D eigenvalue weighted by atomic mass is 9.63. The molecule has 1 aromatic carbocycles. The number of aromatic nitrogens is 1. The largest absolute Gasteiger partial charge is 0.396 e. The Bertz CT molecular complexity index is 1020. The molecule has 0 spiro atoms. The smallest absolute Gasteiger partial charge is 0.129 e. The minimum atomic E-state index is -0.444. The number of anilines is 1. The number of fused-ring (bicyclic) bond motifs is 1. The Morgan fingerprint density at radius 1 is 0.943 bits per heavy atom. The van der Waals surface area contributed by atoms with Crippen molar-refractivity contribution in [2.75, 3.05) is 44.2 Å². The molecular formula is C30H45N3O2. The number of aliphatic hydroxyl groups is 2. The predicted octanol–water partition coefficient (Wildman–Crippen LogP) is 4.99. The van der Waals surface area contributed by atoms with Crippen LogP contribution in [0.4, 0.5) is 5.82 Å². The second-order valence-corrected chi connectivity index (χ2v) is 12.7. The van der Waals surface area contributed by atoms with Crippen molar-refractivity contribution < 1.29 is 10.2 Å². The normalized spacial score (nSPS) is 21.0. The van der Waals surface area contributed by atoms with Gasteiger partial charge in [-0.25, -0.2) is 4.98 Å². The summed E-state index contributed by atoms with van der Waals surface area (Å²) in [4.78, 5) is 9.77. The summed E-state index contributed by atoms with van der Waals surface area (Å²) >= 11 is 0. The van der Waals surface area contributed by atoms with Gasteiger partial charge in [-0.3, -0.25) is 4.90 Å². The summed E-state index contributed by atoms with van der Waals surface area (Å²) in [7, 11) is 0. The minimum absolute atomic E-state index is 0.110. The fourth-order valence-electron chi connectivity index (χ4n) is 5.61. The number of rotatable bonds is 7. The number of hydrogen-bond acceptors (Lipinski definition) is 5. The molecule has 2 heterocycles. The number of aliphatic hydroxyl groups excluding tert-OH is 2. The van der Waals surface area contributed by atoms with Crippen molar-refractivity contribution in [1.82, 2.24) is 9.88 Å². The average molecular weight is 480 g/mol. The SMILES string of the molecule is CC1(C)CCC(C)(C)c2cc(-c3cccc(N4CCN(CC(O)C(C)(C)CCO)CC4)n3)ccc21. The molecule has 1 aromatic heterocycles. The van der Waals surface area contributed by atoms with Gasteiger partial charge in [-0.05, 0) is 64.8 Å². The van der Waals surface area contributed by atoms with E-state index in [1.165, 1.54) is 29.5 Å². The Morgan fingerprint density at radius 3 is 2.26 bits per heavy atom. The molecule has 5 nitrogen and oxygen atoms in total. The highest BCUT2D eigenvalue weighted by molar-refractivity contribution is 5.65. The van der Waals surface area contributed by atoms with Crippen LogP contribution in [0.3, 0.4) is 0 Å². The number of hydrogen-bond donors (Lipinski definition) is 2. The molecule has 0 radical (unpaired) electrons. The first-order valence-corrected chi connectivity index (χ1v) is 13.3. The molecule has 1 aliphatic heterocycles. The zero-order valence-electron chi connectivity index (χ0n) is 22.6. The zero-order chi connectivity index (χ0) is 25.4. The van der Waals surface area contributed by atoms with Crippen molar-refractivity contribution in [2.45, 2.75) is 77.7 Å². The fourth-order valence-corrected chi connectivity index (χ4v) is 5.61. The molecular weight excluding hydrogens is 434 g/mol. The van der Waals surface area contributed by atoms with E-state index in [2.05, 4.69) is 73.9 Å². The van der Waals surface area contributed by atoms with Crippen LogP contribution in [0.1, 0.15) is 71.9 Å². The first-order valence-electron chi connectivity index (χ1n) is 13.3. The highest BCUT2D eigenvalue weighted by atomic mass is 16.3. The summed E-state index contributed by atoms with van der Waals surface area (Å²) in [6.45, 7) is 17.9. The Morgan fingerprint density at radius 2 is 1.60 bits per heavy atom. The Balaban J connectivity index is 1.46. The van der Waals surface area contributed by atoms with E-state index in [1.807, 2.05) is 13.8 Å². The van der Waals surface area contributed by atoms with Gasteiger partial charge in [0.25, 0.3) is 0 Å². The predicted molar refractivity (Wildman–Crippen MR) is 145 cm³/mol. The van der Waals surface area contributed by atoms with Gasteiger partial charge in [-0.15, -0.1) is 0 Å². The topological polar surface area (TPSA) is 59.8 Å². The standard InChI is InChI=1S/C30H45N3O2/c1-28(2)12-13-29(3,4)24-20-22(10-11-23(24)28)25-8-7-9-27(31-25)33-17-15-32(16-18-33)21-26(35)30(5,6)14-19-34/h7-11,20,26,34-35H,12-19,21H2,1-6H3. The van der Waals surface area contributed by atoms with E-state index in [0.29, 0.717) is 13.0 Å². The van der Waals surface area contributed by atoms with Crippen LogP contribution < -0.4 is 4.90 Å². The maximum absolute atomic E-state index is 10.7. The van der Waals surface area contributed by atoms with E-state index in [9.17, 15) is 10.2 Å². The number of β-amino-alcohol motifs (C(OH)–C–C–N with tert-alkyl or cyclic N) is 1. The molecule has 1 aliphatic carbocycles. The number of pyridine rings is 1. The first kappa shape index (κ1) is 26.1. The highest BCUT2D eigenvalue weighted by Gasteiger charge is 2.37. The Labute approximate surface area is 212 Å². The van der Waals surface area contributed by atoms with E-state index in [0.717, 1.165) is 37.7 Å². The molecule has 1 unspecified atom stereocenters. The minimum Gasteiger partial charge on any atom is -0.396 e. The van der Waals surface area contributed by atoms with Crippen LogP contribution in [0, 0.1) is 5.41 Å². The van der Waals surface area contributed by atoms with Crippen LogP contribution in [0.2, 0.25) is 0 Å². The third-order valence-corrected chi connectivity index (χ3v) is 8.67. The molecule has 4 rings (SSSR count). The molecule has 35 heavy (non-hydrogen) atoms. The van der Waals surface area contributed by atoms with Gasteiger partial charge in [0, 0.05) is 44.9 Å². The molecule has 0 saturated carbocycles. The maximum atomic E-state index is 10.7. The molecule has 0 amide bonds. The summed E-state index contributed by atoms with van der Waals surface area (Å²) in [5.74, 6) is 1.03. The monoisotopic (exact) mass is 479 g/mol. The van der Waals surface area contributed by atoms with Crippen LogP contribution in [0.15, 0.2) is 36.4 Å². The zero-order valence-corrected chi connectivity index (χ0v) is 22.6. The molecule has 0 bridgehead atoms. The van der Waals surface area contributed by atoms with Crippen molar-refractivity contribution in [1.29, 1.82) is 0 Å². The van der Waals surface area contributed by atoms with Crippen molar-refractivity contribution >= 4 is 5.82 Å². The maximum Gasteiger partial charge on any atom is 0.129 e. The molecule has 5 heteroatoms.